The molecule has 2 amide bonds. The van der Waals surface area contributed by atoms with Crippen LogP contribution in [0.25, 0.3) is 0 Å². The highest BCUT2D eigenvalue weighted by Crippen LogP contribution is 2.30. The van der Waals surface area contributed by atoms with E-state index in [1.807, 2.05) is 0 Å². The third-order valence-corrected chi connectivity index (χ3v) is 3.86. The average molecular weight is 320 g/mol. The lowest BCUT2D eigenvalue weighted by molar-refractivity contribution is -0.128. The quantitative estimate of drug-likeness (QED) is 0.918. The van der Waals surface area contributed by atoms with E-state index in [2.05, 4.69) is 10.5 Å². The molecule has 1 aromatic heterocycles. The Labute approximate surface area is 132 Å². The molecule has 0 bridgehead atoms. The molecule has 2 aromatic rings. The van der Waals surface area contributed by atoms with Gasteiger partial charge in [0.15, 0.2) is 5.69 Å². The third kappa shape index (κ3) is 2.57. The molecule has 1 aromatic carbocycles. The molecule has 3 rings (SSSR count). The van der Waals surface area contributed by atoms with Crippen molar-refractivity contribution in [3.05, 3.63) is 52.4 Å². The molecule has 0 spiro atoms. The first-order valence-corrected chi connectivity index (χ1v) is 7.22. The molecular weight excluding hydrogens is 306 g/mol. The van der Waals surface area contributed by atoms with Gasteiger partial charge in [0.2, 0.25) is 5.91 Å². The van der Waals surface area contributed by atoms with Crippen LogP contribution in [0.5, 0.6) is 0 Å². The minimum atomic E-state index is -0.771. The molecule has 22 heavy (non-hydrogen) atoms. The van der Waals surface area contributed by atoms with Gasteiger partial charge in [-0.3, -0.25) is 9.59 Å². The second-order valence-corrected chi connectivity index (χ2v) is 5.44. The second kappa shape index (κ2) is 5.81. The van der Waals surface area contributed by atoms with Crippen LogP contribution < -0.4 is 5.32 Å². The second-order valence-electron chi connectivity index (χ2n) is 5.04. The van der Waals surface area contributed by atoms with Crippen molar-refractivity contribution in [3.8, 4) is 0 Å². The van der Waals surface area contributed by atoms with Crippen LogP contribution in [-0.2, 0) is 4.79 Å². The van der Waals surface area contributed by atoms with E-state index >= 15 is 0 Å². The molecule has 1 N–H and O–H groups in total. The lowest BCUT2D eigenvalue weighted by Crippen LogP contribution is -2.52. The van der Waals surface area contributed by atoms with Crippen molar-refractivity contribution in [1.82, 2.24) is 15.4 Å². The predicted molar refractivity (Wildman–Crippen MR) is 79.5 cm³/mol. The maximum Gasteiger partial charge on any atom is 0.277 e. The molecule has 0 saturated carbocycles. The zero-order valence-corrected chi connectivity index (χ0v) is 12.6. The number of rotatable bonds is 2. The Bertz CT molecular complexity index is 728. The maximum absolute atomic E-state index is 12.6. The van der Waals surface area contributed by atoms with Crippen LogP contribution in [0, 0.1) is 6.92 Å². The fourth-order valence-corrected chi connectivity index (χ4v) is 2.75. The SMILES string of the molecule is Cc1cc(C(=O)N2CCNC(=O)C2c2ccccc2Cl)no1. The van der Waals surface area contributed by atoms with Crippen LogP contribution in [-0.4, -0.2) is 35.0 Å². The number of amides is 2. The summed E-state index contributed by atoms with van der Waals surface area (Å²) in [6.45, 7) is 2.48. The smallest absolute Gasteiger partial charge is 0.277 e. The molecule has 1 fully saturated rings. The van der Waals surface area contributed by atoms with Crippen molar-refractivity contribution in [3.63, 3.8) is 0 Å². The van der Waals surface area contributed by atoms with Crippen molar-refractivity contribution in [1.29, 1.82) is 0 Å². The molecule has 0 radical (unpaired) electrons. The number of hydrogen-bond acceptors (Lipinski definition) is 4. The van der Waals surface area contributed by atoms with Crippen LogP contribution in [0.15, 0.2) is 34.9 Å². The number of aryl methyl sites for hydroxylation is 1. The van der Waals surface area contributed by atoms with Gasteiger partial charge in [-0.15, -0.1) is 0 Å². The molecular formula is C15H14ClN3O3. The number of halogens is 1. The summed E-state index contributed by atoms with van der Waals surface area (Å²) in [6, 6.07) is 7.78. The monoisotopic (exact) mass is 319 g/mol. The number of hydrogen-bond donors (Lipinski definition) is 1. The topological polar surface area (TPSA) is 75.4 Å². The van der Waals surface area contributed by atoms with Crippen LogP contribution in [0.3, 0.4) is 0 Å². The highest BCUT2D eigenvalue weighted by molar-refractivity contribution is 6.31. The standard InChI is InChI=1S/C15H14ClN3O3/c1-9-8-12(18-22-9)15(21)19-7-6-17-14(20)13(19)10-4-2-3-5-11(10)16/h2-5,8,13H,6-7H2,1H3,(H,17,20). The van der Waals surface area contributed by atoms with Crippen molar-refractivity contribution in [2.45, 2.75) is 13.0 Å². The zero-order chi connectivity index (χ0) is 15.7. The Morgan fingerprint density at radius 1 is 1.45 bits per heavy atom. The summed E-state index contributed by atoms with van der Waals surface area (Å²) in [7, 11) is 0. The van der Waals surface area contributed by atoms with Gasteiger partial charge in [-0.1, -0.05) is 35.0 Å². The Kier molecular flexibility index (Phi) is 3.85. The minimum Gasteiger partial charge on any atom is -0.361 e. The lowest BCUT2D eigenvalue weighted by atomic mass is 10.0. The highest BCUT2D eigenvalue weighted by atomic mass is 35.5. The molecule has 1 atom stereocenters. The van der Waals surface area contributed by atoms with E-state index in [0.29, 0.717) is 29.4 Å². The molecule has 1 aliphatic rings. The fourth-order valence-electron chi connectivity index (χ4n) is 2.51. The molecule has 2 heterocycles. The Morgan fingerprint density at radius 2 is 2.23 bits per heavy atom. The molecule has 1 unspecified atom stereocenters. The minimum absolute atomic E-state index is 0.184. The summed E-state index contributed by atoms with van der Waals surface area (Å²) in [5.41, 5.74) is 0.777. The lowest BCUT2D eigenvalue weighted by Gasteiger charge is -2.35. The van der Waals surface area contributed by atoms with Gasteiger partial charge in [0.05, 0.1) is 0 Å². The van der Waals surface area contributed by atoms with Gasteiger partial charge in [0.1, 0.15) is 11.8 Å². The number of carbonyl (C=O) groups is 2. The normalized spacial score (nSPS) is 18.2. The molecule has 6 nitrogen and oxygen atoms in total. The van der Waals surface area contributed by atoms with Crippen molar-refractivity contribution >= 4 is 23.4 Å². The molecule has 1 aliphatic heterocycles. The van der Waals surface area contributed by atoms with Gasteiger partial charge in [0.25, 0.3) is 5.91 Å². The fraction of sp³-hybridized carbons (Fsp3) is 0.267. The van der Waals surface area contributed by atoms with Gasteiger partial charge in [0, 0.05) is 29.7 Å². The largest absolute Gasteiger partial charge is 0.361 e. The van der Waals surface area contributed by atoms with Crippen molar-refractivity contribution < 1.29 is 14.1 Å². The van der Waals surface area contributed by atoms with E-state index in [9.17, 15) is 9.59 Å². The molecule has 1 saturated heterocycles. The van der Waals surface area contributed by atoms with Crippen LogP contribution in [0.1, 0.15) is 27.9 Å². The predicted octanol–water partition coefficient (Wildman–Crippen LogP) is 1.95. The number of nitrogens with one attached hydrogen (secondary N) is 1. The molecule has 114 valence electrons. The Hall–Kier alpha value is -2.34. The number of benzene rings is 1. The summed E-state index contributed by atoms with van der Waals surface area (Å²) in [6.07, 6.45) is 0. The highest BCUT2D eigenvalue weighted by Gasteiger charge is 2.36. The van der Waals surface area contributed by atoms with Crippen molar-refractivity contribution in [2.75, 3.05) is 13.1 Å². The zero-order valence-electron chi connectivity index (χ0n) is 11.9. The summed E-state index contributed by atoms with van der Waals surface area (Å²) in [5.74, 6) is -0.0661. The van der Waals surface area contributed by atoms with Gasteiger partial charge in [-0.25, -0.2) is 0 Å². The van der Waals surface area contributed by atoms with E-state index in [1.165, 1.54) is 4.90 Å². The van der Waals surface area contributed by atoms with E-state index in [-0.39, 0.29) is 17.5 Å². The molecule has 0 aliphatic carbocycles. The van der Waals surface area contributed by atoms with E-state index in [4.69, 9.17) is 16.1 Å². The number of aromatic nitrogens is 1. The maximum atomic E-state index is 12.6. The first kappa shape index (κ1) is 14.6. The molecule has 7 heteroatoms. The average Bonchev–Trinajstić information content (AvgIpc) is 2.94. The van der Waals surface area contributed by atoms with Gasteiger partial charge < -0.3 is 14.7 Å². The summed E-state index contributed by atoms with van der Waals surface area (Å²) in [4.78, 5) is 26.4. The van der Waals surface area contributed by atoms with Gasteiger partial charge >= 0.3 is 0 Å². The first-order valence-electron chi connectivity index (χ1n) is 6.84. The van der Waals surface area contributed by atoms with Gasteiger partial charge in [-0.05, 0) is 13.0 Å². The number of nitrogens with zero attached hydrogens (tertiary/aromatic N) is 2. The first-order chi connectivity index (χ1) is 10.6. The van der Waals surface area contributed by atoms with Gasteiger partial charge in [-0.2, -0.15) is 0 Å². The Morgan fingerprint density at radius 3 is 2.91 bits per heavy atom. The number of piperazine rings is 1. The Balaban J connectivity index is 1.99. The summed E-state index contributed by atoms with van der Waals surface area (Å²) in [5, 5.41) is 6.94. The van der Waals surface area contributed by atoms with Crippen LogP contribution >= 0.6 is 11.6 Å². The summed E-state index contributed by atoms with van der Waals surface area (Å²) >= 11 is 6.19. The van der Waals surface area contributed by atoms with Crippen molar-refractivity contribution in [2.24, 2.45) is 0 Å². The van der Waals surface area contributed by atoms with E-state index in [0.717, 1.165) is 0 Å². The summed E-state index contributed by atoms with van der Waals surface area (Å²) < 4.78 is 4.94. The van der Waals surface area contributed by atoms with Crippen LogP contribution in [0.2, 0.25) is 5.02 Å². The number of carbonyl (C=O) groups excluding carboxylic acids is 2. The van der Waals surface area contributed by atoms with E-state index in [1.54, 1.807) is 37.3 Å². The van der Waals surface area contributed by atoms with E-state index < -0.39 is 6.04 Å². The third-order valence-electron chi connectivity index (χ3n) is 3.52. The van der Waals surface area contributed by atoms with Crippen LogP contribution in [0.4, 0.5) is 0 Å².